The molecule has 0 aromatic carbocycles. The molecule has 0 radical (unpaired) electrons. The second-order valence-electron chi connectivity index (χ2n) is 5.26. The summed E-state index contributed by atoms with van der Waals surface area (Å²) < 4.78 is 5.17. The second kappa shape index (κ2) is 6.70. The molecule has 104 valence electrons. The quantitative estimate of drug-likeness (QED) is 0.694. The van der Waals surface area contributed by atoms with E-state index < -0.39 is 5.54 Å². The van der Waals surface area contributed by atoms with Gasteiger partial charge in [-0.15, -0.1) is 0 Å². The Bertz CT molecular complexity index is 293. The maximum atomic E-state index is 11.8. The van der Waals surface area contributed by atoms with Crippen molar-refractivity contribution in [1.29, 1.82) is 0 Å². The molecule has 0 unspecified atom stereocenters. The summed E-state index contributed by atoms with van der Waals surface area (Å²) in [5, 5.41) is 2.71. The molecule has 1 aliphatic rings. The first-order valence-corrected chi connectivity index (χ1v) is 6.29. The zero-order valence-corrected chi connectivity index (χ0v) is 11.2. The largest absolute Gasteiger partial charge is 0.378 e. The lowest BCUT2D eigenvalue weighted by atomic mass is 10.0. The number of hydrogen-bond acceptors (Lipinski definition) is 4. The summed E-state index contributed by atoms with van der Waals surface area (Å²) in [7, 11) is 0. The third-order valence-electron chi connectivity index (χ3n) is 2.64. The minimum Gasteiger partial charge on any atom is -0.378 e. The Balaban J connectivity index is 2.17. The minimum absolute atomic E-state index is 0.0607. The van der Waals surface area contributed by atoms with Crippen LogP contribution in [-0.4, -0.2) is 55.1 Å². The third-order valence-corrected chi connectivity index (χ3v) is 2.64. The lowest BCUT2D eigenvalue weighted by Gasteiger charge is -2.27. The average Bonchev–Trinajstić information content (AvgIpc) is 2.27. The third kappa shape index (κ3) is 5.97. The van der Waals surface area contributed by atoms with Gasteiger partial charge in [0.1, 0.15) is 0 Å². The molecule has 0 atom stereocenters. The van der Waals surface area contributed by atoms with Gasteiger partial charge < -0.3 is 20.7 Å². The number of nitrogens with zero attached hydrogens (tertiary/aromatic N) is 1. The van der Waals surface area contributed by atoms with Crippen LogP contribution in [0, 0.1) is 0 Å². The van der Waals surface area contributed by atoms with Gasteiger partial charge in [-0.1, -0.05) is 0 Å². The van der Waals surface area contributed by atoms with Crippen LogP contribution < -0.4 is 11.1 Å². The number of amides is 2. The van der Waals surface area contributed by atoms with E-state index in [-0.39, 0.29) is 18.2 Å². The number of ether oxygens (including phenoxy) is 1. The van der Waals surface area contributed by atoms with Crippen LogP contribution in [0.4, 0.5) is 0 Å². The van der Waals surface area contributed by atoms with E-state index in [2.05, 4.69) is 5.32 Å². The van der Waals surface area contributed by atoms with E-state index in [1.807, 2.05) is 0 Å². The van der Waals surface area contributed by atoms with Crippen molar-refractivity contribution in [2.75, 3.05) is 32.8 Å². The molecule has 3 N–H and O–H groups in total. The van der Waals surface area contributed by atoms with Crippen LogP contribution in [0.5, 0.6) is 0 Å². The van der Waals surface area contributed by atoms with Gasteiger partial charge in [-0.2, -0.15) is 0 Å². The summed E-state index contributed by atoms with van der Waals surface area (Å²) >= 11 is 0. The predicted octanol–water partition coefficient (Wildman–Crippen LogP) is -0.521. The molecule has 1 fully saturated rings. The van der Waals surface area contributed by atoms with E-state index in [1.165, 1.54) is 0 Å². The molecule has 6 nitrogen and oxygen atoms in total. The molecule has 0 spiro atoms. The smallest absolute Gasteiger partial charge is 0.224 e. The topological polar surface area (TPSA) is 84.7 Å². The van der Waals surface area contributed by atoms with Crippen molar-refractivity contribution >= 4 is 11.8 Å². The van der Waals surface area contributed by atoms with Gasteiger partial charge >= 0.3 is 0 Å². The van der Waals surface area contributed by atoms with Crippen molar-refractivity contribution in [3.63, 3.8) is 0 Å². The SMILES string of the molecule is CC(C)(N)CC(=O)NCCC(=O)N1CCOCC1. The Morgan fingerprint density at radius 1 is 1.33 bits per heavy atom. The number of nitrogens with two attached hydrogens (primary N) is 1. The molecule has 2 amide bonds. The van der Waals surface area contributed by atoms with Crippen LogP contribution in [0.25, 0.3) is 0 Å². The summed E-state index contributed by atoms with van der Waals surface area (Å²) in [6.07, 6.45) is 0.593. The average molecular weight is 257 g/mol. The van der Waals surface area contributed by atoms with Gasteiger partial charge in [0, 0.05) is 38.0 Å². The lowest BCUT2D eigenvalue weighted by molar-refractivity contribution is -0.135. The highest BCUT2D eigenvalue weighted by molar-refractivity contribution is 5.79. The molecule has 1 heterocycles. The predicted molar refractivity (Wildman–Crippen MR) is 67.9 cm³/mol. The van der Waals surface area contributed by atoms with Crippen LogP contribution in [0.1, 0.15) is 26.7 Å². The molecule has 0 aromatic heterocycles. The maximum Gasteiger partial charge on any atom is 0.224 e. The number of rotatable bonds is 5. The Morgan fingerprint density at radius 3 is 2.50 bits per heavy atom. The zero-order chi connectivity index (χ0) is 13.6. The summed E-state index contributed by atoms with van der Waals surface area (Å²) in [4.78, 5) is 25.0. The fourth-order valence-corrected chi connectivity index (χ4v) is 1.76. The Hall–Kier alpha value is -1.14. The van der Waals surface area contributed by atoms with Gasteiger partial charge in [0.2, 0.25) is 11.8 Å². The summed E-state index contributed by atoms with van der Waals surface area (Å²) in [5.74, 6) is -0.0529. The number of nitrogens with one attached hydrogen (secondary N) is 1. The molecule has 6 heteroatoms. The molecule has 1 aliphatic heterocycles. The van der Waals surface area contributed by atoms with Gasteiger partial charge in [0.15, 0.2) is 0 Å². The highest BCUT2D eigenvalue weighted by atomic mass is 16.5. The monoisotopic (exact) mass is 257 g/mol. The summed E-state index contributed by atoms with van der Waals surface area (Å²) in [6.45, 7) is 6.44. The summed E-state index contributed by atoms with van der Waals surface area (Å²) in [5.41, 5.74) is 5.22. The number of hydrogen-bond donors (Lipinski definition) is 2. The van der Waals surface area contributed by atoms with Crippen LogP contribution in [0.15, 0.2) is 0 Å². The van der Waals surface area contributed by atoms with Crippen molar-refractivity contribution < 1.29 is 14.3 Å². The van der Waals surface area contributed by atoms with Gasteiger partial charge in [0.25, 0.3) is 0 Å². The number of morpholine rings is 1. The first-order valence-electron chi connectivity index (χ1n) is 6.29. The molecular formula is C12H23N3O3. The Kier molecular flexibility index (Phi) is 5.55. The van der Waals surface area contributed by atoms with Crippen LogP contribution in [0.3, 0.4) is 0 Å². The lowest BCUT2D eigenvalue weighted by Crippen LogP contribution is -2.43. The van der Waals surface area contributed by atoms with E-state index in [1.54, 1.807) is 18.7 Å². The molecule has 0 aliphatic carbocycles. The van der Waals surface area contributed by atoms with Crippen molar-refractivity contribution in [3.8, 4) is 0 Å². The van der Waals surface area contributed by atoms with Gasteiger partial charge in [-0.25, -0.2) is 0 Å². The maximum absolute atomic E-state index is 11.8. The van der Waals surface area contributed by atoms with E-state index in [0.29, 0.717) is 39.3 Å². The standard InChI is InChI=1S/C12H23N3O3/c1-12(2,13)9-10(16)14-4-3-11(17)15-5-7-18-8-6-15/h3-9,13H2,1-2H3,(H,14,16). The molecule has 1 rings (SSSR count). The van der Waals surface area contributed by atoms with E-state index in [4.69, 9.17) is 10.5 Å². The van der Waals surface area contributed by atoms with E-state index in [0.717, 1.165) is 0 Å². The van der Waals surface area contributed by atoms with E-state index >= 15 is 0 Å². The normalized spacial score (nSPS) is 16.5. The molecule has 1 saturated heterocycles. The second-order valence-corrected chi connectivity index (χ2v) is 5.26. The first kappa shape index (κ1) is 14.9. The van der Waals surface area contributed by atoms with E-state index in [9.17, 15) is 9.59 Å². The highest BCUT2D eigenvalue weighted by Gasteiger charge is 2.18. The highest BCUT2D eigenvalue weighted by Crippen LogP contribution is 2.03. The van der Waals surface area contributed by atoms with Crippen molar-refractivity contribution in [1.82, 2.24) is 10.2 Å². The van der Waals surface area contributed by atoms with Gasteiger partial charge in [-0.3, -0.25) is 9.59 Å². The van der Waals surface area contributed by atoms with Crippen molar-refractivity contribution in [2.45, 2.75) is 32.2 Å². The number of carbonyl (C=O) groups is 2. The summed E-state index contributed by atoms with van der Waals surface area (Å²) in [6, 6.07) is 0. The van der Waals surface area contributed by atoms with Crippen LogP contribution >= 0.6 is 0 Å². The molecular weight excluding hydrogens is 234 g/mol. The van der Waals surface area contributed by atoms with Gasteiger partial charge in [-0.05, 0) is 13.8 Å². The number of carbonyl (C=O) groups excluding carboxylic acids is 2. The van der Waals surface area contributed by atoms with Crippen LogP contribution in [0.2, 0.25) is 0 Å². The Labute approximate surface area is 108 Å². The first-order chi connectivity index (χ1) is 8.38. The fraction of sp³-hybridized carbons (Fsp3) is 0.833. The fourth-order valence-electron chi connectivity index (χ4n) is 1.76. The molecule has 0 bridgehead atoms. The minimum atomic E-state index is -0.516. The Morgan fingerprint density at radius 2 is 1.94 bits per heavy atom. The molecule has 0 saturated carbocycles. The zero-order valence-electron chi connectivity index (χ0n) is 11.2. The van der Waals surface area contributed by atoms with Gasteiger partial charge in [0.05, 0.1) is 13.2 Å². The molecule has 0 aromatic rings. The van der Waals surface area contributed by atoms with Crippen molar-refractivity contribution in [3.05, 3.63) is 0 Å². The van der Waals surface area contributed by atoms with Crippen LogP contribution in [-0.2, 0) is 14.3 Å². The van der Waals surface area contributed by atoms with Crippen molar-refractivity contribution in [2.24, 2.45) is 5.73 Å². The molecule has 18 heavy (non-hydrogen) atoms.